The van der Waals surface area contributed by atoms with E-state index in [-0.39, 0.29) is 36.0 Å². The molecule has 7 nitrogen and oxygen atoms in total. The van der Waals surface area contributed by atoms with Gasteiger partial charge in [0.2, 0.25) is 5.91 Å². The quantitative estimate of drug-likeness (QED) is 0.338. The van der Waals surface area contributed by atoms with Gasteiger partial charge in [0.1, 0.15) is 5.76 Å². The highest BCUT2D eigenvalue weighted by Crippen LogP contribution is 2.20. The van der Waals surface area contributed by atoms with Gasteiger partial charge >= 0.3 is 0 Å². The first-order valence-corrected chi connectivity index (χ1v) is 10.2. The normalized spacial score (nSPS) is 23.1. The van der Waals surface area contributed by atoms with Gasteiger partial charge in [0.15, 0.2) is 5.96 Å². The van der Waals surface area contributed by atoms with Crippen molar-refractivity contribution in [2.45, 2.75) is 51.0 Å². The molecule has 0 aliphatic carbocycles. The summed E-state index contributed by atoms with van der Waals surface area (Å²) in [5.74, 6) is 1.95. The number of furan rings is 1. The summed E-state index contributed by atoms with van der Waals surface area (Å²) in [6.07, 6.45) is 8.71. The van der Waals surface area contributed by atoms with E-state index in [0.29, 0.717) is 18.9 Å². The van der Waals surface area contributed by atoms with Crippen LogP contribution in [-0.4, -0.2) is 55.7 Å². The molecule has 2 fully saturated rings. The van der Waals surface area contributed by atoms with Crippen molar-refractivity contribution < 1.29 is 13.9 Å². The van der Waals surface area contributed by atoms with Crippen LogP contribution >= 0.6 is 24.0 Å². The maximum absolute atomic E-state index is 11.3. The van der Waals surface area contributed by atoms with Gasteiger partial charge in [0.25, 0.3) is 0 Å². The summed E-state index contributed by atoms with van der Waals surface area (Å²) in [4.78, 5) is 18.4. The Bertz CT molecular complexity index is 603. The summed E-state index contributed by atoms with van der Waals surface area (Å²) < 4.78 is 11.2. The standard InChI is InChI=1S/C20H32N4O3.HI/c21-19(25)13-16-5-3-10-24(15-16)20(22-9-8-17-7-4-12-26-17)23-14-18-6-1-2-11-27-18;/h4,7,12,16,18H,1-3,5-6,8-11,13-15H2,(H2,21,25)(H,22,23);1H. The number of guanidine groups is 1. The van der Waals surface area contributed by atoms with Crippen molar-refractivity contribution in [3.8, 4) is 0 Å². The molecule has 2 unspecified atom stereocenters. The summed E-state index contributed by atoms with van der Waals surface area (Å²) in [5, 5.41) is 3.49. The van der Waals surface area contributed by atoms with Crippen LogP contribution in [0.4, 0.5) is 0 Å². The number of nitrogens with one attached hydrogen (secondary N) is 1. The van der Waals surface area contributed by atoms with Gasteiger partial charge in [0.05, 0.1) is 18.9 Å². The van der Waals surface area contributed by atoms with Crippen LogP contribution in [0.25, 0.3) is 0 Å². The molecule has 0 aromatic carbocycles. The average Bonchev–Trinajstić information content (AvgIpc) is 3.18. The van der Waals surface area contributed by atoms with Crippen molar-refractivity contribution >= 4 is 35.8 Å². The van der Waals surface area contributed by atoms with Crippen LogP contribution in [0.2, 0.25) is 0 Å². The van der Waals surface area contributed by atoms with Crippen molar-refractivity contribution in [3.63, 3.8) is 0 Å². The monoisotopic (exact) mass is 504 g/mol. The molecule has 0 saturated carbocycles. The van der Waals surface area contributed by atoms with Crippen LogP contribution in [0, 0.1) is 5.92 Å². The number of carbonyl (C=O) groups excluding carboxylic acids is 1. The lowest BCUT2D eigenvalue weighted by Crippen LogP contribution is -2.48. The Labute approximate surface area is 184 Å². The number of nitrogens with zero attached hydrogens (tertiary/aromatic N) is 2. The number of hydrogen-bond donors (Lipinski definition) is 2. The smallest absolute Gasteiger partial charge is 0.217 e. The predicted molar refractivity (Wildman–Crippen MR) is 120 cm³/mol. The summed E-state index contributed by atoms with van der Waals surface area (Å²) in [6, 6.07) is 3.89. The highest BCUT2D eigenvalue weighted by molar-refractivity contribution is 14.0. The minimum Gasteiger partial charge on any atom is -0.469 e. The maximum atomic E-state index is 11.3. The average molecular weight is 504 g/mol. The summed E-state index contributed by atoms with van der Waals surface area (Å²) in [5.41, 5.74) is 5.41. The number of hydrogen-bond acceptors (Lipinski definition) is 4. The van der Waals surface area contributed by atoms with E-state index in [0.717, 1.165) is 70.1 Å². The third-order valence-electron chi connectivity index (χ3n) is 5.26. The summed E-state index contributed by atoms with van der Waals surface area (Å²) in [6.45, 7) is 4.05. The molecule has 3 heterocycles. The number of aliphatic imine (C=N–C) groups is 1. The molecule has 158 valence electrons. The molecule has 2 aliphatic rings. The first-order valence-electron chi connectivity index (χ1n) is 10.2. The third-order valence-corrected chi connectivity index (χ3v) is 5.26. The molecule has 28 heavy (non-hydrogen) atoms. The first-order chi connectivity index (χ1) is 13.2. The zero-order valence-electron chi connectivity index (χ0n) is 16.5. The molecule has 2 aliphatic heterocycles. The van der Waals surface area contributed by atoms with Crippen molar-refractivity contribution in [2.24, 2.45) is 16.6 Å². The van der Waals surface area contributed by atoms with E-state index in [1.807, 2.05) is 12.1 Å². The number of likely N-dealkylation sites (tertiary alicyclic amines) is 1. The van der Waals surface area contributed by atoms with Gasteiger partial charge in [-0.1, -0.05) is 0 Å². The fourth-order valence-corrected chi connectivity index (χ4v) is 3.87. The third kappa shape index (κ3) is 7.62. The maximum Gasteiger partial charge on any atom is 0.217 e. The largest absolute Gasteiger partial charge is 0.469 e. The number of ether oxygens (including phenoxy) is 1. The van der Waals surface area contributed by atoms with Crippen LogP contribution in [0.15, 0.2) is 27.8 Å². The van der Waals surface area contributed by atoms with Gasteiger partial charge in [-0.15, -0.1) is 24.0 Å². The van der Waals surface area contributed by atoms with Crippen LogP contribution in [-0.2, 0) is 16.0 Å². The predicted octanol–water partition coefficient (Wildman–Crippen LogP) is 2.54. The Morgan fingerprint density at radius 3 is 2.93 bits per heavy atom. The summed E-state index contributed by atoms with van der Waals surface area (Å²) >= 11 is 0. The topological polar surface area (TPSA) is 93.1 Å². The van der Waals surface area contributed by atoms with Crippen LogP contribution < -0.4 is 11.1 Å². The number of carbonyl (C=O) groups is 1. The van der Waals surface area contributed by atoms with Crippen molar-refractivity contribution in [2.75, 3.05) is 32.8 Å². The Morgan fingerprint density at radius 2 is 2.21 bits per heavy atom. The molecule has 1 aromatic rings. The molecule has 1 aromatic heterocycles. The van der Waals surface area contributed by atoms with Gasteiger partial charge < -0.3 is 25.1 Å². The Balaban J connectivity index is 0.00000280. The lowest BCUT2D eigenvalue weighted by Gasteiger charge is -2.35. The molecule has 3 rings (SSSR count). The number of rotatable bonds is 7. The van der Waals surface area contributed by atoms with E-state index >= 15 is 0 Å². The lowest BCUT2D eigenvalue weighted by atomic mass is 9.95. The molecule has 0 radical (unpaired) electrons. The van der Waals surface area contributed by atoms with Crippen molar-refractivity contribution in [1.29, 1.82) is 0 Å². The second-order valence-electron chi connectivity index (χ2n) is 7.53. The van der Waals surface area contributed by atoms with E-state index in [4.69, 9.17) is 19.9 Å². The van der Waals surface area contributed by atoms with Crippen LogP contribution in [0.1, 0.15) is 44.3 Å². The SMILES string of the molecule is I.NC(=O)CC1CCCN(C(=NCC2CCCCO2)NCCc2ccco2)C1. The van der Waals surface area contributed by atoms with E-state index in [2.05, 4.69) is 10.2 Å². The second-order valence-corrected chi connectivity index (χ2v) is 7.53. The van der Waals surface area contributed by atoms with Crippen molar-refractivity contribution in [3.05, 3.63) is 24.2 Å². The highest BCUT2D eigenvalue weighted by atomic mass is 127. The number of amides is 1. The van der Waals surface area contributed by atoms with Gasteiger partial charge in [-0.2, -0.15) is 0 Å². The Kier molecular flexibility index (Phi) is 10.1. The molecule has 0 spiro atoms. The molecule has 8 heteroatoms. The van der Waals surface area contributed by atoms with E-state index < -0.39 is 0 Å². The van der Waals surface area contributed by atoms with Crippen LogP contribution in [0.5, 0.6) is 0 Å². The Hall–Kier alpha value is -1.29. The number of nitrogens with two attached hydrogens (primary N) is 1. The first kappa shape index (κ1) is 23.0. The van der Waals surface area contributed by atoms with Crippen molar-refractivity contribution in [1.82, 2.24) is 10.2 Å². The fourth-order valence-electron chi connectivity index (χ4n) is 3.87. The highest BCUT2D eigenvalue weighted by Gasteiger charge is 2.24. The van der Waals surface area contributed by atoms with E-state index in [1.54, 1.807) is 6.26 Å². The lowest BCUT2D eigenvalue weighted by molar-refractivity contribution is -0.119. The minimum atomic E-state index is -0.221. The molecule has 2 saturated heterocycles. The zero-order chi connectivity index (χ0) is 18.9. The molecule has 1 amide bonds. The van der Waals surface area contributed by atoms with Gasteiger partial charge in [-0.05, 0) is 50.2 Å². The molecule has 3 N–H and O–H groups in total. The molecular weight excluding hydrogens is 471 g/mol. The van der Waals surface area contributed by atoms with E-state index in [9.17, 15) is 4.79 Å². The Morgan fingerprint density at radius 1 is 1.32 bits per heavy atom. The zero-order valence-corrected chi connectivity index (χ0v) is 18.8. The van der Waals surface area contributed by atoms with Crippen LogP contribution in [0.3, 0.4) is 0 Å². The van der Waals surface area contributed by atoms with Gasteiger partial charge in [-0.3, -0.25) is 9.79 Å². The fraction of sp³-hybridized carbons (Fsp3) is 0.700. The number of halogens is 1. The molecule has 0 bridgehead atoms. The second kappa shape index (κ2) is 12.3. The van der Waals surface area contributed by atoms with Gasteiger partial charge in [0, 0.05) is 39.1 Å². The molecule has 2 atom stereocenters. The minimum absolute atomic E-state index is 0. The number of piperidine rings is 1. The molecular formula is C20H33IN4O3. The van der Waals surface area contributed by atoms with Gasteiger partial charge in [-0.25, -0.2) is 0 Å². The van der Waals surface area contributed by atoms with E-state index in [1.165, 1.54) is 6.42 Å². The summed E-state index contributed by atoms with van der Waals surface area (Å²) in [7, 11) is 0. The number of primary amides is 1.